The number of aliphatic hydroxyl groups excluding tert-OH is 1. The van der Waals surface area contributed by atoms with Crippen LogP contribution in [0.4, 0.5) is 0 Å². The Labute approximate surface area is 163 Å². The Balaban J connectivity index is 1.75. The molecule has 1 atom stereocenters. The molecule has 150 valence electrons. The predicted molar refractivity (Wildman–Crippen MR) is 105 cm³/mol. The first-order chi connectivity index (χ1) is 13.6. The highest BCUT2D eigenvalue weighted by Gasteiger charge is 2.27. The van der Waals surface area contributed by atoms with E-state index in [1.54, 1.807) is 24.1 Å². The van der Waals surface area contributed by atoms with Crippen LogP contribution < -0.4 is 5.69 Å². The molecule has 1 aliphatic carbocycles. The molecule has 3 aromatic heterocycles. The number of nitrogens with one attached hydrogen (secondary N) is 1. The summed E-state index contributed by atoms with van der Waals surface area (Å²) in [5.41, 5.74) is 1.28. The van der Waals surface area contributed by atoms with Gasteiger partial charge in [0.1, 0.15) is 5.69 Å². The Bertz CT molecular complexity index is 990. The topological polar surface area (TPSA) is 107 Å². The first-order valence-electron chi connectivity index (χ1n) is 9.93. The van der Waals surface area contributed by atoms with E-state index < -0.39 is 0 Å². The number of aromatic nitrogens is 7. The average molecular weight is 385 g/mol. The zero-order chi connectivity index (χ0) is 19.7. The zero-order valence-corrected chi connectivity index (χ0v) is 16.4. The lowest BCUT2D eigenvalue weighted by Crippen LogP contribution is -2.21. The number of aliphatic hydroxyl groups is 1. The third kappa shape index (κ3) is 3.54. The molecule has 28 heavy (non-hydrogen) atoms. The molecule has 9 heteroatoms. The van der Waals surface area contributed by atoms with Crippen LogP contribution in [-0.4, -0.2) is 45.8 Å². The summed E-state index contributed by atoms with van der Waals surface area (Å²) in [6.07, 6.45) is 11.5. The van der Waals surface area contributed by atoms with Crippen molar-refractivity contribution in [2.24, 2.45) is 13.0 Å². The third-order valence-electron chi connectivity index (χ3n) is 5.70. The summed E-state index contributed by atoms with van der Waals surface area (Å²) in [5.74, 6) is 1.79. The highest BCUT2D eigenvalue weighted by atomic mass is 16.3. The molecule has 0 saturated heterocycles. The minimum atomic E-state index is -0.174. The van der Waals surface area contributed by atoms with E-state index in [2.05, 4.69) is 17.0 Å². The van der Waals surface area contributed by atoms with Gasteiger partial charge in [-0.1, -0.05) is 19.3 Å². The maximum atomic E-state index is 12.0. The van der Waals surface area contributed by atoms with E-state index in [4.69, 9.17) is 15.2 Å². The van der Waals surface area contributed by atoms with Gasteiger partial charge in [0.15, 0.2) is 11.6 Å². The summed E-state index contributed by atoms with van der Waals surface area (Å²) in [7, 11) is 1.72. The Hall–Kier alpha value is -2.68. The van der Waals surface area contributed by atoms with Crippen molar-refractivity contribution in [3.63, 3.8) is 0 Å². The SMILES string of the molecule is CC(C1CCCCC1)n1nc(-c2cnn(CCO)c2)nc1-c1cn(C)c(=O)[nH]1. The zero-order valence-electron chi connectivity index (χ0n) is 16.4. The number of imidazole rings is 1. The van der Waals surface area contributed by atoms with Crippen LogP contribution in [-0.2, 0) is 13.6 Å². The smallest absolute Gasteiger partial charge is 0.325 e. The summed E-state index contributed by atoms with van der Waals surface area (Å²) in [5, 5.41) is 18.2. The second kappa shape index (κ2) is 7.75. The van der Waals surface area contributed by atoms with E-state index >= 15 is 0 Å². The number of rotatable bonds is 6. The Morgan fingerprint density at radius 3 is 2.75 bits per heavy atom. The van der Waals surface area contributed by atoms with Gasteiger partial charge in [-0.05, 0) is 25.7 Å². The van der Waals surface area contributed by atoms with E-state index in [1.807, 2.05) is 10.9 Å². The number of H-pyrrole nitrogens is 1. The van der Waals surface area contributed by atoms with Gasteiger partial charge in [0.25, 0.3) is 0 Å². The summed E-state index contributed by atoms with van der Waals surface area (Å²) in [4.78, 5) is 19.6. The predicted octanol–water partition coefficient (Wildman–Crippen LogP) is 1.97. The quantitative estimate of drug-likeness (QED) is 0.675. The lowest BCUT2D eigenvalue weighted by atomic mass is 9.84. The van der Waals surface area contributed by atoms with Crippen molar-refractivity contribution in [1.82, 2.24) is 34.1 Å². The molecule has 1 saturated carbocycles. The van der Waals surface area contributed by atoms with Crippen LogP contribution in [0.1, 0.15) is 45.1 Å². The molecule has 1 aliphatic rings. The molecule has 0 aromatic carbocycles. The van der Waals surface area contributed by atoms with Gasteiger partial charge in [-0.25, -0.2) is 14.5 Å². The molecule has 4 rings (SSSR count). The molecule has 1 fully saturated rings. The van der Waals surface area contributed by atoms with Gasteiger partial charge in [-0.3, -0.25) is 4.68 Å². The van der Waals surface area contributed by atoms with Crippen molar-refractivity contribution < 1.29 is 5.11 Å². The minimum absolute atomic E-state index is 0.0260. The summed E-state index contributed by atoms with van der Waals surface area (Å²) in [6, 6.07) is 0.188. The van der Waals surface area contributed by atoms with Crippen molar-refractivity contribution in [3.8, 4) is 22.9 Å². The van der Waals surface area contributed by atoms with Crippen molar-refractivity contribution >= 4 is 0 Å². The van der Waals surface area contributed by atoms with Gasteiger partial charge in [-0.15, -0.1) is 5.10 Å². The molecule has 0 bridgehead atoms. The number of aryl methyl sites for hydroxylation is 1. The fourth-order valence-corrected chi connectivity index (χ4v) is 4.03. The first-order valence-corrected chi connectivity index (χ1v) is 9.93. The van der Waals surface area contributed by atoms with Crippen LogP contribution in [0.15, 0.2) is 23.4 Å². The second-order valence-corrected chi connectivity index (χ2v) is 7.64. The van der Waals surface area contributed by atoms with E-state index in [0.29, 0.717) is 29.8 Å². The third-order valence-corrected chi connectivity index (χ3v) is 5.70. The number of hydrogen-bond donors (Lipinski definition) is 2. The molecule has 0 amide bonds. The van der Waals surface area contributed by atoms with Crippen LogP contribution in [0.2, 0.25) is 0 Å². The number of nitrogens with zero attached hydrogens (tertiary/aromatic N) is 6. The average Bonchev–Trinajstić information content (AvgIpc) is 3.41. The van der Waals surface area contributed by atoms with Gasteiger partial charge in [-0.2, -0.15) is 5.10 Å². The molecule has 3 heterocycles. The van der Waals surface area contributed by atoms with Crippen LogP contribution in [0.25, 0.3) is 22.9 Å². The molecule has 0 radical (unpaired) electrons. The lowest BCUT2D eigenvalue weighted by molar-refractivity contribution is 0.252. The highest BCUT2D eigenvalue weighted by molar-refractivity contribution is 5.58. The fraction of sp³-hybridized carbons (Fsp3) is 0.579. The Kier molecular flexibility index (Phi) is 5.17. The molecular weight excluding hydrogens is 358 g/mol. The van der Waals surface area contributed by atoms with E-state index in [1.165, 1.54) is 36.7 Å². The van der Waals surface area contributed by atoms with Gasteiger partial charge in [0.05, 0.1) is 31.0 Å². The molecule has 0 spiro atoms. The van der Waals surface area contributed by atoms with E-state index in [-0.39, 0.29) is 18.3 Å². The van der Waals surface area contributed by atoms with Crippen molar-refractivity contribution in [1.29, 1.82) is 0 Å². The fourth-order valence-electron chi connectivity index (χ4n) is 4.03. The van der Waals surface area contributed by atoms with Crippen LogP contribution in [0.3, 0.4) is 0 Å². The summed E-state index contributed by atoms with van der Waals surface area (Å²) < 4.78 is 5.14. The molecule has 0 aliphatic heterocycles. The molecule has 9 nitrogen and oxygen atoms in total. The first kappa shape index (κ1) is 18.7. The number of aromatic amines is 1. The lowest BCUT2D eigenvalue weighted by Gasteiger charge is -2.28. The Morgan fingerprint density at radius 1 is 1.29 bits per heavy atom. The monoisotopic (exact) mass is 385 g/mol. The normalized spacial score (nSPS) is 16.5. The standard InChI is InChI=1S/C19H27N7O2/c1-13(14-6-4-3-5-7-14)26-18(16-12-24(2)19(28)21-16)22-17(23-26)15-10-20-25(11-15)8-9-27/h10-14,27H,3-9H2,1-2H3,(H,21,28). The van der Waals surface area contributed by atoms with Crippen LogP contribution in [0.5, 0.6) is 0 Å². The van der Waals surface area contributed by atoms with Crippen LogP contribution >= 0.6 is 0 Å². The minimum Gasteiger partial charge on any atom is -0.394 e. The number of hydrogen-bond acceptors (Lipinski definition) is 5. The molecule has 1 unspecified atom stereocenters. The molecular formula is C19H27N7O2. The maximum absolute atomic E-state index is 12.0. The molecule has 3 aromatic rings. The summed E-state index contributed by atoms with van der Waals surface area (Å²) >= 11 is 0. The van der Waals surface area contributed by atoms with Gasteiger partial charge >= 0.3 is 5.69 Å². The van der Waals surface area contributed by atoms with Crippen molar-refractivity contribution in [2.75, 3.05) is 6.61 Å². The van der Waals surface area contributed by atoms with Gasteiger partial charge in [0, 0.05) is 19.4 Å². The van der Waals surface area contributed by atoms with E-state index in [0.717, 1.165) is 5.56 Å². The second-order valence-electron chi connectivity index (χ2n) is 7.64. The van der Waals surface area contributed by atoms with Gasteiger partial charge in [0.2, 0.25) is 0 Å². The van der Waals surface area contributed by atoms with Gasteiger partial charge < -0.3 is 14.7 Å². The largest absolute Gasteiger partial charge is 0.394 e. The van der Waals surface area contributed by atoms with E-state index in [9.17, 15) is 4.79 Å². The highest BCUT2D eigenvalue weighted by Crippen LogP contribution is 2.35. The van der Waals surface area contributed by atoms with Crippen LogP contribution in [0, 0.1) is 5.92 Å². The van der Waals surface area contributed by atoms with Crippen molar-refractivity contribution in [2.45, 2.75) is 51.6 Å². The maximum Gasteiger partial charge on any atom is 0.325 e. The summed E-state index contributed by atoms with van der Waals surface area (Å²) in [6.45, 7) is 2.64. The van der Waals surface area contributed by atoms with Crippen molar-refractivity contribution in [3.05, 3.63) is 29.1 Å². The Morgan fingerprint density at radius 2 is 2.07 bits per heavy atom. The molecule has 2 N–H and O–H groups in total.